The summed E-state index contributed by atoms with van der Waals surface area (Å²) in [6, 6.07) is 9.66. The van der Waals surface area contributed by atoms with Crippen LogP contribution in [0.15, 0.2) is 42.7 Å². The highest BCUT2D eigenvalue weighted by Gasteiger charge is 2.26. The van der Waals surface area contributed by atoms with Crippen molar-refractivity contribution >= 4 is 22.7 Å². The topological polar surface area (TPSA) is 72.2 Å². The van der Waals surface area contributed by atoms with Crippen LogP contribution in [0.4, 0.5) is 0 Å². The molecular weight excluding hydrogens is 328 g/mol. The smallest absolute Gasteiger partial charge is 0.256 e. The van der Waals surface area contributed by atoms with E-state index >= 15 is 0 Å². The average molecular weight is 350 g/mol. The normalized spacial score (nSPS) is 15.3. The first-order valence-electron chi connectivity index (χ1n) is 8.94. The number of carbonyl (C=O) groups excluding carboxylic acids is 2. The van der Waals surface area contributed by atoms with Crippen molar-refractivity contribution in [1.29, 1.82) is 0 Å². The van der Waals surface area contributed by atoms with Crippen molar-refractivity contribution in [2.45, 2.75) is 13.3 Å². The summed E-state index contributed by atoms with van der Waals surface area (Å²) in [7, 11) is 0. The summed E-state index contributed by atoms with van der Waals surface area (Å²) in [5.74, 6) is 0.0553. The van der Waals surface area contributed by atoms with E-state index in [-0.39, 0.29) is 11.8 Å². The van der Waals surface area contributed by atoms with E-state index in [0.717, 1.165) is 28.6 Å². The van der Waals surface area contributed by atoms with E-state index in [2.05, 4.69) is 9.97 Å². The molecule has 134 valence electrons. The number of benzene rings is 1. The SMILES string of the molecule is Cc1[nH]c2ccccc2c1C(=O)N1CCCN(C(=O)c2cc[nH]c2)CC1. The lowest BCUT2D eigenvalue weighted by atomic mass is 10.1. The number of aromatic amines is 2. The molecule has 1 aliphatic heterocycles. The Hall–Kier alpha value is -3.02. The zero-order chi connectivity index (χ0) is 18.1. The number of H-pyrrole nitrogens is 2. The predicted octanol–water partition coefficient (Wildman–Crippen LogP) is 2.79. The first-order chi connectivity index (χ1) is 12.6. The van der Waals surface area contributed by atoms with Crippen LogP contribution in [0.25, 0.3) is 10.9 Å². The molecule has 0 aliphatic carbocycles. The first kappa shape index (κ1) is 16.4. The van der Waals surface area contributed by atoms with Crippen LogP contribution in [-0.2, 0) is 0 Å². The summed E-state index contributed by atoms with van der Waals surface area (Å²) in [5, 5.41) is 0.958. The largest absolute Gasteiger partial charge is 0.367 e. The van der Waals surface area contributed by atoms with Gasteiger partial charge >= 0.3 is 0 Å². The lowest BCUT2D eigenvalue weighted by molar-refractivity contribution is 0.0719. The van der Waals surface area contributed by atoms with Gasteiger partial charge < -0.3 is 19.8 Å². The monoisotopic (exact) mass is 350 g/mol. The Morgan fingerprint density at radius 1 is 0.962 bits per heavy atom. The molecule has 1 aliphatic rings. The molecule has 26 heavy (non-hydrogen) atoms. The summed E-state index contributed by atoms with van der Waals surface area (Å²) in [6.45, 7) is 4.37. The molecule has 2 aromatic heterocycles. The Balaban J connectivity index is 1.53. The summed E-state index contributed by atoms with van der Waals surface area (Å²) in [5.41, 5.74) is 3.27. The maximum absolute atomic E-state index is 13.2. The molecule has 6 nitrogen and oxygen atoms in total. The Bertz CT molecular complexity index is 942. The zero-order valence-electron chi connectivity index (χ0n) is 14.8. The molecule has 0 radical (unpaired) electrons. The van der Waals surface area contributed by atoms with Crippen molar-refractivity contribution in [2.75, 3.05) is 26.2 Å². The van der Waals surface area contributed by atoms with Crippen LogP contribution in [0.3, 0.4) is 0 Å². The van der Waals surface area contributed by atoms with Crippen molar-refractivity contribution in [3.05, 3.63) is 59.5 Å². The van der Waals surface area contributed by atoms with Gasteiger partial charge in [-0.25, -0.2) is 0 Å². The molecule has 0 atom stereocenters. The molecular formula is C20H22N4O2. The average Bonchev–Trinajstić information content (AvgIpc) is 3.21. The van der Waals surface area contributed by atoms with E-state index in [4.69, 9.17) is 0 Å². The van der Waals surface area contributed by atoms with Gasteiger partial charge in [0.05, 0.1) is 11.1 Å². The van der Waals surface area contributed by atoms with Crippen molar-refractivity contribution in [3.8, 4) is 0 Å². The lowest BCUT2D eigenvalue weighted by Crippen LogP contribution is -2.37. The standard InChI is InChI=1S/C20H22N4O2/c1-14-18(16-5-2-3-6-17(16)22-14)20(26)24-10-4-9-23(11-12-24)19(25)15-7-8-21-13-15/h2-3,5-8,13,21-22H,4,9-12H2,1H3. The number of carbonyl (C=O) groups is 2. The third-order valence-electron chi connectivity index (χ3n) is 5.02. The van der Waals surface area contributed by atoms with Gasteiger partial charge in [0.15, 0.2) is 0 Å². The molecule has 4 rings (SSSR count). The molecule has 0 bridgehead atoms. The van der Waals surface area contributed by atoms with Crippen molar-refractivity contribution in [2.24, 2.45) is 0 Å². The second-order valence-corrected chi connectivity index (χ2v) is 6.71. The molecule has 2 amide bonds. The quantitative estimate of drug-likeness (QED) is 0.746. The Morgan fingerprint density at radius 3 is 2.42 bits per heavy atom. The van der Waals surface area contributed by atoms with Gasteiger partial charge in [-0.2, -0.15) is 0 Å². The van der Waals surface area contributed by atoms with Gasteiger partial charge in [-0.3, -0.25) is 9.59 Å². The molecule has 1 fully saturated rings. The second kappa shape index (κ2) is 6.71. The summed E-state index contributed by atoms with van der Waals surface area (Å²) in [6.07, 6.45) is 4.25. The fourth-order valence-corrected chi connectivity index (χ4v) is 3.67. The fraction of sp³-hybridized carbons (Fsp3) is 0.300. The number of aromatic nitrogens is 2. The van der Waals surface area contributed by atoms with Crippen LogP contribution in [0.5, 0.6) is 0 Å². The molecule has 1 aromatic carbocycles. The third kappa shape index (κ3) is 2.87. The van der Waals surface area contributed by atoms with Gasteiger partial charge in [0.2, 0.25) is 0 Å². The number of hydrogen-bond donors (Lipinski definition) is 2. The first-order valence-corrected chi connectivity index (χ1v) is 8.94. The maximum Gasteiger partial charge on any atom is 0.256 e. The molecule has 3 aromatic rings. The molecule has 0 spiro atoms. The molecule has 3 heterocycles. The minimum absolute atomic E-state index is 0.0174. The number of amides is 2. The van der Waals surface area contributed by atoms with E-state index in [1.807, 2.05) is 41.0 Å². The zero-order valence-corrected chi connectivity index (χ0v) is 14.8. The molecule has 6 heteroatoms. The van der Waals surface area contributed by atoms with Gasteiger partial charge in [0.1, 0.15) is 0 Å². The number of hydrogen-bond acceptors (Lipinski definition) is 2. The van der Waals surface area contributed by atoms with Crippen molar-refractivity contribution in [3.63, 3.8) is 0 Å². The number of para-hydroxylation sites is 1. The van der Waals surface area contributed by atoms with E-state index < -0.39 is 0 Å². The van der Waals surface area contributed by atoms with E-state index in [1.165, 1.54) is 0 Å². The molecule has 1 saturated heterocycles. The second-order valence-electron chi connectivity index (χ2n) is 6.71. The Morgan fingerprint density at radius 2 is 1.69 bits per heavy atom. The van der Waals surface area contributed by atoms with Crippen LogP contribution in [0.1, 0.15) is 32.8 Å². The third-order valence-corrected chi connectivity index (χ3v) is 5.02. The minimum atomic E-state index is 0.0174. The number of nitrogens with zero attached hydrogens (tertiary/aromatic N) is 2. The lowest BCUT2D eigenvalue weighted by Gasteiger charge is -2.22. The fourth-order valence-electron chi connectivity index (χ4n) is 3.67. The van der Waals surface area contributed by atoms with Crippen LogP contribution in [-0.4, -0.2) is 57.8 Å². The van der Waals surface area contributed by atoms with Crippen molar-refractivity contribution < 1.29 is 9.59 Å². The summed E-state index contributed by atoms with van der Waals surface area (Å²) < 4.78 is 0. The molecule has 0 saturated carbocycles. The summed E-state index contributed by atoms with van der Waals surface area (Å²) >= 11 is 0. The van der Waals surface area contributed by atoms with Crippen molar-refractivity contribution in [1.82, 2.24) is 19.8 Å². The van der Waals surface area contributed by atoms with E-state index in [1.54, 1.807) is 18.5 Å². The Labute approximate surface area is 151 Å². The van der Waals surface area contributed by atoms with Crippen LogP contribution < -0.4 is 0 Å². The number of fused-ring (bicyclic) bond motifs is 1. The number of aryl methyl sites for hydroxylation is 1. The van der Waals surface area contributed by atoms with Crippen LogP contribution >= 0.6 is 0 Å². The maximum atomic E-state index is 13.2. The number of nitrogens with one attached hydrogen (secondary N) is 2. The van der Waals surface area contributed by atoms with Crippen LogP contribution in [0.2, 0.25) is 0 Å². The van der Waals surface area contributed by atoms with Gasteiger partial charge in [-0.15, -0.1) is 0 Å². The Kier molecular flexibility index (Phi) is 4.24. The highest BCUT2D eigenvalue weighted by Crippen LogP contribution is 2.24. The molecule has 2 N–H and O–H groups in total. The van der Waals surface area contributed by atoms with E-state index in [9.17, 15) is 9.59 Å². The minimum Gasteiger partial charge on any atom is -0.367 e. The van der Waals surface area contributed by atoms with Gasteiger partial charge in [-0.05, 0) is 25.5 Å². The number of rotatable bonds is 2. The van der Waals surface area contributed by atoms with Gasteiger partial charge in [0, 0.05) is 55.2 Å². The van der Waals surface area contributed by atoms with Gasteiger partial charge in [0.25, 0.3) is 11.8 Å². The van der Waals surface area contributed by atoms with Crippen LogP contribution in [0, 0.1) is 6.92 Å². The summed E-state index contributed by atoms with van der Waals surface area (Å²) in [4.78, 5) is 35.6. The molecule has 0 unspecified atom stereocenters. The predicted molar refractivity (Wildman–Crippen MR) is 100 cm³/mol. The van der Waals surface area contributed by atoms with Gasteiger partial charge in [-0.1, -0.05) is 18.2 Å². The highest BCUT2D eigenvalue weighted by molar-refractivity contribution is 6.08. The highest BCUT2D eigenvalue weighted by atomic mass is 16.2. The van der Waals surface area contributed by atoms with E-state index in [0.29, 0.717) is 31.7 Å².